The molecular formula is C14H15ClN2O3S. The van der Waals surface area contributed by atoms with Crippen LogP contribution < -0.4 is 10.2 Å². The molecule has 2 rings (SSSR count). The van der Waals surface area contributed by atoms with E-state index in [1.807, 2.05) is 0 Å². The van der Waals surface area contributed by atoms with Crippen molar-refractivity contribution in [3.63, 3.8) is 0 Å². The SMILES string of the molecule is Cc1csc(=O)n1CC(=O)NC(CO)c1ccc(Cl)cc1. The van der Waals surface area contributed by atoms with Crippen LogP contribution in [0, 0.1) is 6.92 Å². The lowest BCUT2D eigenvalue weighted by atomic mass is 10.1. The van der Waals surface area contributed by atoms with Crippen molar-refractivity contribution in [2.24, 2.45) is 0 Å². The number of aliphatic hydroxyl groups is 1. The van der Waals surface area contributed by atoms with Crippen LogP contribution in [0.2, 0.25) is 5.02 Å². The Hall–Kier alpha value is -1.63. The van der Waals surface area contributed by atoms with Crippen LogP contribution in [0.3, 0.4) is 0 Å². The Bertz CT molecular complexity index is 678. The quantitative estimate of drug-likeness (QED) is 0.879. The lowest BCUT2D eigenvalue weighted by Crippen LogP contribution is -2.35. The minimum atomic E-state index is -0.524. The number of aliphatic hydroxyl groups excluding tert-OH is 1. The molecule has 0 aliphatic carbocycles. The number of aryl methyl sites for hydroxylation is 1. The molecule has 1 aromatic heterocycles. The van der Waals surface area contributed by atoms with Crippen LogP contribution in [0.15, 0.2) is 34.4 Å². The molecule has 1 atom stereocenters. The van der Waals surface area contributed by atoms with Crippen LogP contribution >= 0.6 is 22.9 Å². The number of halogens is 1. The number of thiazole rings is 1. The van der Waals surface area contributed by atoms with Crippen molar-refractivity contribution in [3.8, 4) is 0 Å². The minimum absolute atomic E-state index is 0.0573. The third-order valence-electron chi connectivity index (χ3n) is 3.07. The average Bonchev–Trinajstić information content (AvgIpc) is 2.78. The number of hydrogen-bond donors (Lipinski definition) is 2. The van der Waals surface area contributed by atoms with E-state index in [-0.39, 0.29) is 23.9 Å². The Labute approximate surface area is 130 Å². The molecule has 5 nitrogen and oxygen atoms in total. The van der Waals surface area contributed by atoms with Gasteiger partial charge in [-0.1, -0.05) is 35.1 Å². The number of amides is 1. The summed E-state index contributed by atoms with van der Waals surface area (Å²) in [6.45, 7) is 1.48. The lowest BCUT2D eigenvalue weighted by Gasteiger charge is -2.17. The number of aromatic nitrogens is 1. The number of nitrogens with one attached hydrogen (secondary N) is 1. The van der Waals surface area contributed by atoms with Gasteiger partial charge in [0.1, 0.15) is 6.54 Å². The number of rotatable bonds is 5. The molecule has 1 aromatic carbocycles. The highest BCUT2D eigenvalue weighted by atomic mass is 35.5. The second-order valence-electron chi connectivity index (χ2n) is 4.58. The molecule has 0 fully saturated rings. The molecule has 2 aromatic rings. The molecule has 0 bridgehead atoms. The molecule has 0 radical (unpaired) electrons. The van der Waals surface area contributed by atoms with Gasteiger partial charge in [-0.3, -0.25) is 14.2 Å². The molecule has 112 valence electrons. The third kappa shape index (κ3) is 3.93. The molecule has 0 saturated carbocycles. The monoisotopic (exact) mass is 326 g/mol. The van der Waals surface area contributed by atoms with Crippen LogP contribution in [-0.2, 0) is 11.3 Å². The highest BCUT2D eigenvalue weighted by molar-refractivity contribution is 7.07. The largest absolute Gasteiger partial charge is 0.394 e. The van der Waals surface area contributed by atoms with Gasteiger partial charge in [-0.15, -0.1) is 0 Å². The predicted molar refractivity (Wildman–Crippen MR) is 82.7 cm³/mol. The van der Waals surface area contributed by atoms with Gasteiger partial charge in [-0.25, -0.2) is 0 Å². The third-order valence-corrected chi connectivity index (χ3v) is 4.20. The first-order valence-electron chi connectivity index (χ1n) is 6.32. The first-order chi connectivity index (χ1) is 10.0. The number of benzene rings is 1. The lowest BCUT2D eigenvalue weighted by molar-refractivity contribution is -0.122. The highest BCUT2D eigenvalue weighted by Crippen LogP contribution is 2.16. The smallest absolute Gasteiger partial charge is 0.307 e. The van der Waals surface area contributed by atoms with Crippen molar-refractivity contribution >= 4 is 28.8 Å². The predicted octanol–water partition coefficient (Wildman–Crippen LogP) is 1.72. The number of hydrogen-bond acceptors (Lipinski definition) is 4. The topological polar surface area (TPSA) is 71.3 Å². The maximum absolute atomic E-state index is 12.0. The molecule has 7 heteroatoms. The van der Waals surface area contributed by atoms with Crippen LogP contribution in [0.25, 0.3) is 0 Å². The molecule has 0 aliphatic rings. The number of carbonyl (C=O) groups is 1. The summed E-state index contributed by atoms with van der Waals surface area (Å²) in [5.41, 5.74) is 1.50. The zero-order valence-corrected chi connectivity index (χ0v) is 12.9. The Kier molecular flexibility index (Phi) is 5.17. The van der Waals surface area contributed by atoms with Gasteiger partial charge in [0.05, 0.1) is 12.6 Å². The zero-order chi connectivity index (χ0) is 15.4. The molecule has 1 amide bonds. The maximum atomic E-state index is 12.0. The van der Waals surface area contributed by atoms with Crippen molar-refractivity contribution in [2.75, 3.05) is 6.61 Å². The van der Waals surface area contributed by atoms with Crippen molar-refractivity contribution < 1.29 is 9.90 Å². The van der Waals surface area contributed by atoms with Crippen LogP contribution in [-0.4, -0.2) is 22.2 Å². The summed E-state index contributed by atoms with van der Waals surface area (Å²) in [5, 5.41) is 14.4. The van der Waals surface area contributed by atoms with E-state index in [1.54, 1.807) is 36.6 Å². The van der Waals surface area contributed by atoms with Crippen LogP contribution in [0.5, 0.6) is 0 Å². The summed E-state index contributed by atoms with van der Waals surface area (Å²) in [5.74, 6) is -0.326. The summed E-state index contributed by atoms with van der Waals surface area (Å²) in [7, 11) is 0. The maximum Gasteiger partial charge on any atom is 0.307 e. The van der Waals surface area contributed by atoms with E-state index in [0.29, 0.717) is 5.02 Å². The normalized spacial score (nSPS) is 12.1. The Morgan fingerprint density at radius 2 is 2.10 bits per heavy atom. The molecule has 0 spiro atoms. The minimum Gasteiger partial charge on any atom is -0.394 e. The second kappa shape index (κ2) is 6.89. The fraction of sp³-hybridized carbons (Fsp3) is 0.286. The van der Waals surface area contributed by atoms with Gasteiger partial charge in [0.2, 0.25) is 5.91 Å². The molecule has 21 heavy (non-hydrogen) atoms. The van der Waals surface area contributed by atoms with E-state index >= 15 is 0 Å². The molecule has 1 heterocycles. The molecule has 2 N–H and O–H groups in total. The fourth-order valence-corrected chi connectivity index (χ4v) is 2.77. The van der Waals surface area contributed by atoms with E-state index in [0.717, 1.165) is 22.6 Å². The van der Waals surface area contributed by atoms with Crippen molar-refractivity contribution in [2.45, 2.75) is 19.5 Å². The van der Waals surface area contributed by atoms with E-state index in [9.17, 15) is 14.7 Å². The highest BCUT2D eigenvalue weighted by Gasteiger charge is 2.15. The summed E-state index contributed by atoms with van der Waals surface area (Å²) < 4.78 is 1.40. The van der Waals surface area contributed by atoms with Crippen molar-refractivity contribution in [3.05, 3.63) is 55.6 Å². The van der Waals surface area contributed by atoms with Gasteiger partial charge in [0.15, 0.2) is 0 Å². The number of carbonyl (C=O) groups excluding carboxylic acids is 1. The summed E-state index contributed by atoms with van der Waals surface area (Å²) in [6, 6.07) is 6.35. The Balaban J connectivity index is 2.06. The average molecular weight is 327 g/mol. The zero-order valence-electron chi connectivity index (χ0n) is 11.4. The molecular weight excluding hydrogens is 312 g/mol. The second-order valence-corrected chi connectivity index (χ2v) is 5.84. The van der Waals surface area contributed by atoms with Gasteiger partial charge < -0.3 is 10.4 Å². The van der Waals surface area contributed by atoms with E-state index < -0.39 is 6.04 Å². The van der Waals surface area contributed by atoms with Gasteiger partial charge in [-0.05, 0) is 24.6 Å². The van der Waals surface area contributed by atoms with Gasteiger partial charge in [0, 0.05) is 16.1 Å². The summed E-state index contributed by atoms with van der Waals surface area (Å²) in [6.07, 6.45) is 0. The summed E-state index contributed by atoms with van der Waals surface area (Å²) in [4.78, 5) is 23.4. The fourth-order valence-electron chi connectivity index (χ4n) is 1.91. The van der Waals surface area contributed by atoms with Crippen LogP contribution in [0.1, 0.15) is 17.3 Å². The van der Waals surface area contributed by atoms with E-state index in [2.05, 4.69) is 5.32 Å². The van der Waals surface area contributed by atoms with Crippen LogP contribution in [0.4, 0.5) is 0 Å². The molecule has 0 aliphatic heterocycles. The Morgan fingerprint density at radius 3 is 2.62 bits per heavy atom. The van der Waals surface area contributed by atoms with Gasteiger partial charge in [0.25, 0.3) is 0 Å². The Morgan fingerprint density at radius 1 is 1.43 bits per heavy atom. The van der Waals surface area contributed by atoms with Gasteiger partial charge in [-0.2, -0.15) is 0 Å². The molecule has 0 saturated heterocycles. The molecule has 1 unspecified atom stereocenters. The summed E-state index contributed by atoms with van der Waals surface area (Å²) >= 11 is 6.87. The van der Waals surface area contributed by atoms with E-state index in [1.165, 1.54) is 4.57 Å². The number of nitrogens with zero attached hydrogens (tertiary/aromatic N) is 1. The first kappa shape index (κ1) is 15.8. The van der Waals surface area contributed by atoms with Crippen molar-refractivity contribution in [1.82, 2.24) is 9.88 Å². The standard InChI is InChI=1S/C14H15ClN2O3S/c1-9-8-21-14(20)17(9)6-13(19)16-12(7-18)10-2-4-11(15)5-3-10/h2-5,8,12,18H,6-7H2,1H3,(H,16,19). The van der Waals surface area contributed by atoms with Gasteiger partial charge >= 0.3 is 4.87 Å². The first-order valence-corrected chi connectivity index (χ1v) is 7.57. The van der Waals surface area contributed by atoms with E-state index in [4.69, 9.17) is 11.6 Å². The van der Waals surface area contributed by atoms with Crippen molar-refractivity contribution in [1.29, 1.82) is 0 Å².